The number of hydrogen-bond acceptors (Lipinski definition) is 4. The van der Waals surface area contributed by atoms with E-state index in [0.717, 1.165) is 22.4 Å². The maximum atomic E-state index is 8.95. The summed E-state index contributed by atoms with van der Waals surface area (Å²) < 4.78 is 5.43. The molecule has 4 nitrogen and oxygen atoms in total. The fraction of sp³-hybridized carbons (Fsp3) is 0.133. The third-order valence-corrected chi connectivity index (χ3v) is 2.96. The SMILES string of the molecule is OCc1ccc(CNc2cccc3cccnc23)o1. The molecule has 0 aliphatic carbocycles. The highest BCUT2D eigenvalue weighted by atomic mass is 16.4. The Hall–Kier alpha value is -2.33. The van der Waals surface area contributed by atoms with E-state index in [0.29, 0.717) is 12.3 Å². The Balaban J connectivity index is 1.81. The number of rotatable bonds is 4. The van der Waals surface area contributed by atoms with Crippen LogP contribution in [0.15, 0.2) is 53.1 Å². The van der Waals surface area contributed by atoms with Crippen molar-refractivity contribution in [2.75, 3.05) is 5.32 Å². The second kappa shape index (κ2) is 5.12. The smallest absolute Gasteiger partial charge is 0.129 e. The van der Waals surface area contributed by atoms with E-state index in [1.807, 2.05) is 36.4 Å². The van der Waals surface area contributed by atoms with Crippen LogP contribution in [-0.2, 0) is 13.2 Å². The van der Waals surface area contributed by atoms with Crippen molar-refractivity contribution in [2.45, 2.75) is 13.2 Å². The molecule has 0 fully saturated rings. The van der Waals surface area contributed by atoms with Crippen LogP contribution in [0.1, 0.15) is 11.5 Å². The molecule has 4 heteroatoms. The summed E-state index contributed by atoms with van der Waals surface area (Å²) in [5, 5.41) is 13.4. The van der Waals surface area contributed by atoms with E-state index >= 15 is 0 Å². The van der Waals surface area contributed by atoms with Gasteiger partial charge in [0.05, 0.1) is 17.7 Å². The summed E-state index contributed by atoms with van der Waals surface area (Å²) in [6, 6.07) is 13.6. The molecule has 3 aromatic rings. The van der Waals surface area contributed by atoms with Crippen molar-refractivity contribution in [3.05, 3.63) is 60.2 Å². The van der Waals surface area contributed by atoms with Crippen LogP contribution in [0, 0.1) is 0 Å². The van der Waals surface area contributed by atoms with Gasteiger partial charge in [0, 0.05) is 11.6 Å². The molecular weight excluding hydrogens is 240 g/mol. The Bertz CT molecular complexity index is 686. The molecule has 0 bridgehead atoms. The number of aliphatic hydroxyl groups is 1. The maximum Gasteiger partial charge on any atom is 0.129 e. The number of furan rings is 1. The topological polar surface area (TPSA) is 58.3 Å². The Morgan fingerprint density at radius 3 is 2.74 bits per heavy atom. The van der Waals surface area contributed by atoms with Crippen LogP contribution in [0.2, 0.25) is 0 Å². The van der Waals surface area contributed by atoms with Gasteiger partial charge in [0.2, 0.25) is 0 Å². The number of para-hydroxylation sites is 1. The molecule has 19 heavy (non-hydrogen) atoms. The van der Waals surface area contributed by atoms with Crippen molar-refractivity contribution in [3.63, 3.8) is 0 Å². The van der Waals surface area contributed by atoms with Crippen LogP contribution in [0.5, 0.6) is 0 Å². The predicted molar refractivity (Wildman–Crippen MR) is 73.7 cm³/mol. The third-order valence-electron chi connectivity index (χ3n) is 2.96. The number of hydrogen-bond donors (Lipinski definition) is 2. The Morgan fingerprint density at radius 1 is 1.05 bits per heavy atom. The minimum atomic E-state index is -0.0736. The van der Waals surface area contributed by atoms with Crippen molar-refractivity contribution in [3.8, 4) is 0 Å². The van der Waals surface area contributed by atoms with E-state index in [4.69, 9.17) is 9.52 Å². The van der Waals surface area contributed by atoms with Crippen LogP contribution in [0.4, 0.5) is 5.69 Å². The van der Waals surface area contributed by atoms with E-state index in [9.17, 15) is 0 Å². The molecule has 2 aromatic heterocycles. The first kappa shape index (κ1) is 11.7. The number of aliphatic hydroxyl groups excluding tert-OH is 1. The van der Waals surface area contributed by atoms with Crippen molar-refractivity contribution >= 4 is 16.6 Å². The highest BCUT2D eigenvalue weighted by molar-refractivity contribution is 5.90. The van der Waals surface area contributed by atoms with Crippen molar-refractivity contribution in [1.82, 2.24) is 4.98 Å². The summed E-state index contributed by atoms with van der Waals surface area (Å²) in [6.07, 6.45) is 1.78. The van der Waals surface area contributed by atoms with Crippen LogP contribution < -0.4 is 5.32 Å². The average molecular weight is 254 g/mol. The summed E-state index contributed by atoms with van der Waals surface area (Å²) in [5.41, 5.74) is 1.92. The van der Waals surface area contributed by atoms with Crippen molar-refractivity contribution in [1.29, 1.82) is 0 Å². The molecule has 0 unspecified atom stereocenters. The van der Waals surface area contributed by atoms with Crippen LogP contribution >= 0.6 is 0 Å². The Morgan fingerprint density at radius 2 is 1.89 bits per heavy atom. The number of fused-ring (bicyclic) bond motifs is 1. The van der Waals surface area contributed by atoms with Gasteiger partial charge in [-0.15, -0.1) is 0 Å². The fourth-order valence-electron chi connectivity index (χ4n) is 2.03. The number of nitrogens with one attached hydrogen (secondary N) is 1. The van der Waals surface area contributed by atoms with Crippen LogP contribution in [0.25, 0.3) is 10.9 Å². The summed E-state index contributed by atoms with van der Waals surface area (Å²) >= 11 is 0. The highest BCUT2D eigenvalue weighted by Crippen LogP contribution is 2.21. The molecule has 0 aliphatic rings. The van der Waals surface area contributed by atoms with E-state index in [2.05, 4.69) is 10.3 Å². The normalized spacial score (nSPS) is 10.8. The number of aromatic nitrogens is 1. The zero-order chi connectivity index (χ0) is 13.1. The molecule has 0 saturated carbocycles. The fourth-order valence-corrected chi connectivity index (χ4v) is 2.03. The standard InChI is InChI=1S/C15H14N2O2/c18-10-13-7-6-12(19-13)9-17-14-5-1-3-11-4-2-8-16-15(11)14/h1-8,17-18H,9-10H2. The molecule has 0 aliphatic heterocycles. The molecule has 2 N–H and O–H groups in total. The average Bonchev–Trinajstić information content (AvgIpc) is 2.93. The summed E-state index contributed by atoms with van der Waals surface area (Å²) in [4.78, 5) is 4.38. The molecule has 3 rings (SSSR count). The predicted octanol–water partition coefficient (Wildman–Crippen LogP) is 2.93. The molecule has 0 spiro atoms. The van der Waals surface area contributed by atoms with Crippen molar-refractivity contribution < 1.29 is 9.52 Å². The number of benzene rings is 1. The van der Waals surface area contributed by atoms with E-state index in [-0.39, 0.29) is 6.61 Å². The third kappa shape index (κ3) is 2.44. The van der Waals surface area contributed by atoms with Crippen molar-refractivity contribution in [2.24, 2.45) is 0 Å². The first-order valence-corrected chi connectivity index (χ1v) is 6.13. The van der Waals surface area contributed by atoms with Gasteiger partial charge in [0.1, 0.15) is 18.1 Å². The summed E-state index contributed by atoms with van der Waals surface area (Å²) in [5.74, 6) is 1.37. The quantitative estimate of drug-likeness (QED) is 0.751. The lowest BCUT2D eigenvalue weighted by Crippen LogP contribution is -1.99. The zero-order valence-electron chi connectivity index (χ0n) is 10.3. The maximum absolute atomic E-state index is 8.95. The Kier molecular flexibility index (Phi) is 3.16. The first-order valence-electron chi connectivity index (χ1n) is 6.13. The second-order valence-corrected chi connectivity index (χ2v) is 4.26. The minimum absolute atomic E-state index is 0.0736. The van der Waals surface area contributed by atoms with Gasteiger partial charge in [-0.05, 0) is 24.3 Å². The largest absolute Gasteiger partial charge is 0.462 e. The Labute approximate surface area is 110 Å². The van der Waals surface area contributed by atoms with E-state index < -0.39 is 0 Å². The van der Waals surface area contributed by atoms with E-state index in [1.165, 1.54) is 0 Å². The molecule has 96 valence electrons. The van der Waals surface area contributed by atoms with Gasteiger partial charge >= 0.3 is 0 Å². The molecule has 0 saturated heterocycles. The van der Waals surface area contributed by atoms with Gasteiger partial charge in [-0.3, -0.25) is 4.98 Å². The molecule has 0 amide bonds. The molecular formula is C15H14N2O2. The summed E-state index contributed by atoms with van der Waals surface area (Å²) in [6.45, 7) is 0.492. The van der Waals surface area contributed by atoms with Gasteiger partial charge in [0.25, 0.3) is 0 Å². The first-order chi connectivity index (χ1) is 9.36. The highest BCUT2D eigenvalue weighted by Gasteiger charge is 2.04. The van der Waals surface area contributed by atoms with E-state index in [1.54, 1.807) is 12.3 Å². The lowest BCUT2D eigenvalue weighted by molar-refractivity contribution is 0.244. The number of anilines is 1. The summed E-state index contributed by atoms with van der Waals surface area (Å²) in [7, 11) is 0. The number of pyridine rings is 1. The molecule has 1 aromatic carbocycles. The van der Waals surface area contributed by atoms with Crippen LogP contribution in [0.3, 0.4) is 0 Å². The lowest BCUT2D eigenvalue weighted by atomic mass is 10.2. The second-order valence-electron chi connectivity index (χ2n) is 4.26. The van der Waals surface area contributed by atoms with Gasteiger partial charge < -0.3 is 14.8 Å². The molecule has 0 atom stereocenters. The van der Waals surface area contributed by atoms with Gasteiger partial charge in [0.15, 0.2) is 0 Å². The minimum Gasteiger partial charge on any atom is -0.462 e. The lowest BCUT2D eigenvalue weighted by Gasteiger charge is -2.07. The van der Waals surface area contributed by atoms with Gasteiger partial charge in [-0.2, -0.15) is 0 Å². The van der Waals surface area contributed by atoms with Crippen LogP contribution in [-0.4, -0.2) is 10.1 Å². The number of nitrogens with zero attached hydrogens (tertiary/aromatic N) is 1. The van der Waals surface area contributed by atoms with Gasteiger partial charge in [-0.1, -0.05) is 18.2 Å². The molecule has 0 radical (unpaired) electrons. The monoisotopic (exact) mass is 254 g/mol. The zero-order valence-corrected chi connectivity index (χ0v) is 10.3. The van der Waals surface area contributed by atoms with Gasteiger partial charge in [-0.25, -0.2) is 0 Å². The molecule has 2 heterocycles.